The molecule has 96 valence electrons. The molecule has 0 aliphatic carbocycles. The Balaban J connectivity index is 2.93. The highest BCUT2D eigenvalue weighted by molar-refractivity contribution is 5.50. The molecule has 5 heteroatoms. The van der Waals surface area contributed by atoms with Crippen molar-refractivity contribution < 1.29 is 19.3 Å². The zero-order chi connectivity index (χ0) is 12.7. The van der Waals surface area contributed by atoms with Crippen molar-refractivity contribution in [3.63, 3.8) is 0 Å². The van der Waals surface area contributed by atoms with E-state index in [2.05, 4.69) is 5.32 Å². The van der Waals surface area contributed by atoms with Gasteiger partial charge in [0.05, 0.1) is 27.9 Å². The maximum Gasteiger partial charge on any atom is 0.164 e. The summed E-state index contributed by atoms with van der Waals surface area (Å²) >= 11 is 0. The molecule has 0 aliphatic rings. The van der Waals surface area contributed by atoms with E-state index < -0.39 is 0 Å². The fraction of sp³-hybridized carbons (Fsp3) is 0.500. The Morgan fingerprint density at radius 2 is 1.59 bits per heavy atom. The smallest absolute Gasteiger partial charge is 0.164 e. The summed E-state index contributed by atoms with van der Waals surface area (Å²) in [6.07, 6.45) is 0. The molecule has 0 aliphatic heterocycles. The highest BCUT2D eigenvalue weighted by Gasteiger charge is 2.11. The molecule has 0 atom stereocenters. The highest BCUT2D eigenvalue weighted by Crippen LogP contribution is 2.34. The van der Waals surface area contributed by atoms with Crippen LogP contribution >= 0.6 is 0 Å². The van der Waals surface area contributed by atoms with Crippen LogP contribution in [0.5, 0.6) is 17.2 Å². The number of methoxy groups -OCH3 is 3. The van der Waals surface area contributed by atoms with Crippen LogP contribution in [0.4, 0.5) is 0 Å². The van der Waals surface area contributed by atoms with Gasteiger partial charge in [-0.2, -0.15) is 0 Å². The Hall–Kier alpha value is -1.46. The highest BCUT2D eigenvalue weighted by atomic mass is 16.5. The number of hydrogen-bond donors (Lipinski definition) is 2. The fourth-order valence-corrected chi connectivity index (χ4v) is 1.53. The van der Waals surface area contributed by atoms with Crippen LogP contribution < -0.4 is 19.5 Å². The predicted molar refractivity (Wildman–Crippen MR) is 64.9 cm³/mol. The third-order valence-electron chi connectivity index (χ3n) is 2.39. The SMILES string of the molecule is COc1cc(OC)c(OC)cc1CNCCO. The summed E-state index contributed by atoms with van der Waals surface area (Å²) in [5.41, 5.74) is 0.957. The van der Waals surface area contributed by atoms with Crippen LogP contribution in [0.15, 0.2) is 12.1 Å². The number of hydrogen-bond acceptors (Lipinski definition) is 5. The van der Waals surface area contributed by atoms with Gasteiger partial charge in [-0.25, -0.2) is 0 Å². The lowest BCUT2D eigenvalue weighted by Crippen LogP contribution is -2.18. The minimum Gasteiger partial charge on any atom is -0.496 e. The second-order valence-corrected chi connectivity index (χ2v) is 3.42. The first kappa shape index (κ1) is 13.6. The van der Waals surface area contributed by atoms with E-state index in [1.807, 2.05) is 6.07 Å². The number of nitrogens with one attached hydrogen (secondary N) is 1. The van der Waals surface area contributed by atoms with Crippen LogP contribution in [-0.4, -0.2) is 39.6 Å². The molecule has 0 aromatic heterocycles. The Morgan fingerprint density at radius 3 is 2.12 bits per heavy atom. The molecule has 0 saturated carbocycles. The maximum absolute atomic E-state index is 8.72. The molecule has 0 radical (unpaired) electrons. The lowest BCUT2D eigenvalue weighted by Gasteiger charge is -2.14. The van der Waals surface area contributed by atoms with Gasteiger partial charge in [0.25, 0.3) is 0 Å². The molecule has 1 aromatic carbocycles. The molecule has 0 amide bonds. The number of rotatable bonds is 7. The fourth-order valence-electron chi connectivity index (χ4n) is 1.53. The maximum atomic E-state index is 8.72. The Labute approximate surface area is 101 Å². The standard InChI is InChI=1S/C12H19NO4/c1-15-10-7-12(17-3)11(16-2)6-9(10)8-13-4-5-14/h6-7,13-14H,4-5,8H2,1-3H3. The summed E-state index contributed by atoms with van der Waals surface area (Å²) in [4.78, 5) is 0. The summed E-state index contributed by atoms with van der Waals surface area (Å²) in [5.74, 6) is 2.03. The monoisotopic (exact) mass is 241 g/mol. The number of aliphatic hydroxyl groups is 1. The van der Waals surface area contributed by atoms with Crippen LogP contribution in [0.2, 0.25) is 0 Å². The van der Waals surface area contributed by atoms with Crippen molar-refractivity contribution >= 4 is 0 Å². The molecular weight excluding hydrogens is 222 g/mol. The summed E-state index contributed by atoms with van der Waals surface area (Å²) in [6.45, 7) is 1.25. The van der Waals surface area contributed by atoms with Crippen molar-refractivity contribution in [1.82, 2.24) is 5.32 Å². The molecule has 0 heterocycles. The zero-order valence-electron chi connectivity index (χ0n) is 10.4. The summed E-state index contributed by atoms with van der Waals surface area (Å²) in [6, 6.07) is 3.65. The second-order valence-electron chi connectivity index (χ2n) is 3.42. The van der Waals surface area contributed by atoms with Crippen molar-refractivity contribution in [2.75, 3.05) is 34.5 Å². The van der Waals surface area contributed by atoms with Gasteiger partial charge in [-0.3, -0.25) is 0 Å². The van der Waals surface area contributed by atoms with E-state index in [1.165, 1.54) is 0 Å². The summed E-state index contributed by atoms with van der Waals surface area (Å²) in [7, 11) is 4.78. The minimum absolute atomic E-state index is 0.107. The third-order valence-corrected chi connectivity index (χ3v) is 2.39. The molecular formula is C12H19NO4. The molecule has 5 nitrogen and oxygen atoms in total. The van der Waals surface area contributed by atoms with Gasteiger partial charge >= 0.3 is 0 Å². The van der Waals surface area contributed by atoms with Crippen LogP contribution in [0.3, 0.4) is 0 Å². The third kappa shape index (κ3) is 3.51. The summed E-state index contributed by atoms with van der Waals surface area (Å²) < 4.78 is 15.7. The Morgan fingerprint density at radius 1 is 1.00 bits per heavy atom. The van der Waals surface area contributed by atoms with Gasteiger partial charge in [-0.1, -0.05) is 0 Å². The van der Waals surface area contributed by atoms with E-state index in [0.717, 1.165) is 11.3 Å². The second kappa shape index (κ2) is 6.98. The van der Waals surface area contributed by atoms with Crippen LogP contribution in [-0.2, 0) is 6.54 Å². The molecule has 0 saturated heterocycles. The Kier molecular flexibility index (Phi) is 5.59. The normalized spacial score (nSPS) is 10.1. The van der Waals surface area contributed by atoms with Gasteiger partial charge in [0.15, 0.2) is 11.5 Å². The van der Waals surface area contributed by atoms with E-state index in [9.17, 15) is 0 Å². The zero-order valence-corrected chi connectivity index (χ0v) is 10.4. The van der Waals surface area contributed by atoms with Gasteiger partial charge < -0.3 is 24.6 Å². The van der Waals surface area contributed by atoms with E-state index in [-0.39, 0.29) is 6.61 Å². The Bertz CT molecular complexity index is 355. The molecule has 0 unspecified atom stereocenters. The number of aliphatic hydroxyl groups excluding tert-OH is 1. The van der Waals surface area contributed by atoms with Gasteiger partial charge in [-0.15, -0.1) is 0 Å². The van der Waals surface area contributed by atoms with E-state index in [1.54, 1.807) is 27.4 Å². The predicted octanol–water partition coefficient (Wildman–Crippen LogP) is 0.794. The summed E-state index contributed by atoms with van der Waals surface area (Å²) in [5, 5.41) is 11.8. The van der Waals surface area contributed by atoms with E-state index in [4.69, 9.17) is 19.3 Å². The van der Waals surface area contributed by atoms with Gasteiger partial charge in [0.2, 0.25) is 0 Å². The van der Waals surface area contributed by atoms with Crippen LogP contribution in [0.1, 0.15) is 5.56 Å². The average Bonchev–Trinajstić information content (AvgIpc) is 2.38. The largest absolute Gasteiger partial charge is 0.496 e. The van der Waals surface area contributed by atoms with Crippen molar-refractivity contribution in [3.8, 4) is 17.2 Å². The number of benzene rings is 1. The lowest BCUT2D eigenvalue weighted by atomic mass is 10.1. The molecule has 1 rings (SSSR count). The van der Waals surface area contributed by atoms with Crippen molar-refractivity contribution in [1.29, 1.82) is 0 Å². The van der Waals surface area contributed by atoms with E-state index >= 15 is 0 Å². The molecule has 1 aromatic rings. The first-order chi connectivity index (χ1) is 8.26. The van der Waals surface area contributed by atoms with Crippen molar-refractivity contribution in [2.45, 2.75) is 6.54 Å². The van der Waals surface area contributed by atoms with Gasteiger partial charge in [0.1, 0.15) is 5.75 Å². The van der Waals surface area contributed by atoms with E-state index in [0.29, 0.717) is 24.6 Å². The average molecular weight is 241 g/mol. The number of ether oxygens (including phenoxy) is 3. The molecule has 17 heavy (non-hydrogen) atoms. The molecule has 0 fully saturated rings. The quantitative estimate of drug-likeness (QED) is 0.691. The molecule has 0 spiro atoms. The minimum atomic E-state index is 0.107. The van der Waals surface area contributed by atoms with Crippen LogP contribution in [0.25, 0.3) is 0 Å². The first-order valence-electron chi connectivity index (χ1n) is 5.37. The van der Waals surface area contributed by atoms with Crippen molar-refractivity contribution in [3.05, 3.63) is 17.7 Å². The van der Waals surface area contributed by atoms with Gasteiger partial charge in [0, 0.05) is 24.7 Å². The van der Waals surface area contributed by atoms with Crippen LogP contribution in [0, 0.1) is 0 Å². The van der Waals surface area contributed by atoms with Crippen molar-refractivity contribution in [2.24, 2.45) is 0 Å². The lowest BCUT2D eigenvalue weighted by molar-refractivity contribution is 0.291. The van der Waals surface area contributed by atoms with Gasteiger partial charge in [-0.05, 0) is 6.07 Å². The molecule has 2 N–H and O–H groups in total. The topological polar surface area (TPSA) is 60.0 Å². The molecule has 0 bridgehead atoms. The first-order valence-corrected chi connectivity index (χ1v) is 5.37.